The van der Waals surface area contributed by atoms with Gasteiger partial charge in [0.1, 0.15) is 11.6 Å². The van der Waals surface area contributed by atoms with E-state index in [2.05, 4.69) is 4.98 Å². The van der Waals surface area contributed by atoms with E-state index in [0.717, 1.165) is 32.4 Å². The summed E-state index contributed by atoms with van der Waals surface area (Å²) >= 11 is 0. The number of amidine groups is 1. The number of carbonyl (C=O) groups is 1. The van der Waals surface area contributed by atoms with Crippen molar-refractivity contribution in [1.82, 2.24) is 9.88 Å². The van der Waals surface area contributed by atoms with Crippen LogP contribution < -0.4 is 20.9 Å². The lowest BCUT2D eigenvalue weighted by Gasteiger charge is -2.32. The molecule has 0 radical (unpaired) electrons. The van der Waals surface area contributed by atoms with Crippen LogP contribution in [0.5, 0.6) is 17.5 Å². The molecular formula is C23H31N5O3. The van der Waals surface area contributed by atoms with Crippen molar-refractivity contribution in [1.29, 1.82) is 5.41 Å². The molecule has 0 spiro atoms. The molecule has 166 valence electrons. The number of nitrogens with one attached hydrogen (secondary N) is 1. The van der Waals surface area contributed by atoms with Crippen molar-refractivity contribution in [2.45, 2.75) is 39.2 Å². The highest BCUT2D eigenvalue weighted by molar-refractivity contribution is 5.95. The number of rotatable bonds is 8. The molecule has 0 unspecified atom stereocenters. The third-order valence-corrected chi connectivity index (χ3v) is 5.25. The second-order valence-corrected chi connectivity index (χ2v) is 8.05. The first-order valence-electron chi connectivity index (χ1n) is 10.7. The summed E-state index contributed by atoms with van der Waals surface area (Å²) in [6.07, 6.45) is 2.85. The summed E-state index contributed by atoms with van der Waals surface area (Å²) in [7, 11) is 0. The molecular weight excluding hydrogens is 394 g/mol. The highest BCUT2D eigenvalue weighted by Crippen LogP contribution is 2.27. The SMILES string of the molecule is CC(C)Oc1cc(C(=O)N2CCC(CCN)CC2)cc(Oc2ccc(C(=N)N)cc2)n1. The van der Waals surface area contributed by atoms with Gasteiger partial charge in [0.25, 0.3) is 5.91 Å². The number of likely N-dealkylation sites (tertiary alicyclic amines) is 1. The summed E-state index contributed by atoms with van der Waals surface area (Å²) in [6.45, 7) is 5.93. The second kappa shape index (κ2) is 10.3. The van der Waals surface area contributed by atoms with Crippen molar-refractivity contribution in [2.24, 2.45) is 17.4 Å². The molecule has 0 bridgehead atoms. The molecule has 3 rings (SSSR count). The Morgan fingerprint density at radius 2 is 1.81 bits per heavy atom. The zero-order valence-corrected chi connectivity index (χ0v) is 18.1. The van der Waals surface area contributed by atoms with Crippen LogP contribution >= 0.6 is 0 Å². The molecule has 31 heavy (non-hydrogen) atoms. The lowest BCUT2D eigenvalue weighted by atomic mass is 9.93. The van der Waals surface area contributed by atoms with Gasteiger partial charge in [-0.3, -0.25) is 10.2 Å². The Bertz CT molecular complexity index is 906. The summed E-state index contributed by atoms with van der Waals surface area (Å²) < 4.78 is 11.6. The minimum absolute atomic E-state index is 0.0138. The minimum Gasteiger partial charge on any atom is -0.475 e. The van der Waals surface area contributed by atoms with E-state index >= 15 is 0 Å². The maximum atomic E-state index is 13.2. The molecule has 2 aromatic rings. The van der Waals surface area contributed by atoms with Crippen LogP contribution in [0.25, 0.3) is 0 Å². The summed E-state index contributed by atoms with van der Waals surface area (Å²) in [5, 5.41) is 7.49. The highest BCUT2D eigenvalue weighted by Gasteiger charge is 2.24. The largest absolute Gasteiger partial charge is 0.475 e. The Labute approximate surface area is 183 Å². The van der Waals surface area contributed by atoms with Crippen LogP contribution in [-0.4, -0.2) is 47.4 Å². The topological polar surface area (TPSA) is 128 Å². The third-order valence-electron chi connectivity index (χ3n) is 5.25. The van der Waals surface area contributed by atoms with Gasteiger partial charge in [-0.15, -0.1) is 0 Å². The smallest absolute Gasteiger partial charge is 0.254 e. The first-order chi connectivity index (χ1) is 14.9. The van der Waals surface area contributed by atoms with E-state index in [1.165, 1.54) is 0 Å². The quantitative estimate of drug-likeness (QED) is 0.440. The first-order valence-corrected chi connectivity index (χ1v) is 10.7. The van der Waals surface area contributed by atoms with Gasteiger partial charge < -0.3 is 25.8 Å². The number of nitrogen functional groups attached to an aromatic ring is 1. The molecule has 5 N–H and O–H groups in total. The summed E-state index contributed by atoms with van der Waals surface area (Å²) in [5.41, 5.74) is 12.3. The average Bonchev–Trinajstić information content (AvgIpc) is 2.74. The van der Waals surface area contributed by atoms with Gasteiger partial charge in [-0.05, 0) is 69.8 Å². The first kappa shape index (κ1) is 22.6. The van der Waals surface area contributed by atoms with Crippen molar-refractivity contribution in [3.05, 3.63) is 47.5 Å². The van der Waals surface area contributed by atoms with Crippen LogP contribution in [0.1, 0.15) is 49.0 Å². The number of pyridine rings is 1. The minimum atomic E-state index is -0.0902. The number of aromatic nitrogens is 1. The van der Waals surface area contributed by atoms with E-state index in [9.17, 15) is 4.79 Å². The van der Waals surface area contributed by atoms with Crippen LogP contribution in [0.4, 0.5) is 0 Å². The molecule has 0 saturated carbocycles. The van der Waals surface area contributed by atoms with E-state index < -0.39 is 0 Å². The monoisotopic (exact) mass is 425 g/mol. The van der Waals surface area contributed by atoms with Crippen LogP contribution in [0.3, 0.4) is 0 Å². The molecule has 8 heteroatoms. The molecule has 8 nitrogen and oxygen atoms in total. The predicted octanol–water partition coefficient (Wildman–Crippen LogP) is 3.15. The van der Waals surface area contributed by atoms with Gasteiger partial charge in [-0.2, -0.15) is 4.98 Å². The summed E-state index contributed by atoms with van der Waals surface area (Å²) in [6, 6.07) is 10.1. The maximum Gasteiger partial charge on any atom is 0.254 e. The lowest BCUT2D eigenvalue weighted by molar-refractivity contribution is 0.0686. The van der Waals surface area contributed by atoms with Crippen LogP contribution in [0.15, 0.2) is 36.4 Å². The van der Waals surface area contributed by atoms with Gasteiger partial charge in [-0.25, -0.2) is 0 Å². The fraction of sp³-hybridized carbons (Fsp3) is 0.435. The second-order valence-electron chi connectivity index (χ2n) is 8.05. The van der Waals surface area contributed by atoms with Crippen molar-refractivity contribution >= 4 is 11.7 Å². The number of hydrogen-bond acceptors (Lipinski definition) is 6. The molecule has 1 fully saturated rings. The van der Waals surface area contributed by atoms with E-state index in [4.69, 9.17) is 26.4 Å². The standard InChI is InChI=1S/C23H31N5O3/c1-15(2)30-20-13-18(23(29)28-11-8-16(7-10-24)9-12-28)14-21(27-20)31-19-5-3-17(4-6-19)22(25)26/h3-6,13-16H,7-12,24H2,1-2H3,(H3,25,26). The van der Waals surface area contributed by atoms with Crippen LogP contribution in [0, 0.1) is 11.3 Å². The number of nitrogens with two attached hydrogens (primary N) is 2. The Morgan fingerprint density at radius 3 is 2.39 bits per heavy atom. The number of piperidine rings is 1. The lowest BCUT2D eigenvalue weighted by Crippen LogP contribution is -2.38. The normalized spacial score (nSPS) is 14.5. The fourth-order valence-electron chi connectivity index (χ4n) is 3.62. The Kier molecular flexibility index (Phi) is 7.46. The molecule has 1 aliphatic rings. The number of ether oxygens (including phenoxy) is 2. The molecule has 1 aromatic carbocycles. The van der Waals surface area contributed by atoms with Crippen LogP contribution in [0.2, 0.25) is 0 Å². The number of hydrogen-bond donors (Lipinski definition) is 3. The maximum absolute atomic E-state index is 13.2. The van der Waals surface area contributed by atoms with Gasteiger partial charge in [0.05, 0.1) is 11.7 Å². The average molecular weight is 426 g/mol. The van der Waals surface area contributed by atoms with E-state index in [0.29, 0.717) is 35.2 Å². The van der Waals surface area contributed by atoms with Crippen molar-refractivity contribution in [3.8, 4) is 17.5 Å². The Hall–Kier alpha value is -3.13. The van der Waals surface area contributed by atoms with Gasteiger partial charge in [0.2, 0.25) is 11.8 Å². The fourth-order valence-corrected chi connectivity index (χ4v) is 3.62. The summed E-state index contributed by atoms with van der Waals surface area (Å²) in [4.78, 5) is 19.4. The highest BCUT2D eigenvalue weighted by atomic mass is 16.5. The predicted molar refractivity (Wildman–Crippen MR) is 120 cm³/mol. The number of benzene rings is 1. The molecule has 1 aromatic heterocycles. The number of nitrogens with zero attached hydrogens (tertiary/aromatic N) is 2. The molecule has 2 heterocycles. The van der Waals surface area contributed by atoms with Gasteiger partial charge in [0.15, 0.2) is 0 Å². The molecule has 1 amide bonds. The summed E-state index contributed by atoms with van der Waals surface area (Å²) in [5.74, 6) is 1.66. The van der Waals surface area contributed by atoms with Gasteiger partial charge in [-0.1, -0.05) is 0 Å². The van der Waals surface area contributed by atoms with Gasteiger partial charge >= 0.3 is 0 Å². The van der Waals surface area contributed by atoms with Crippen molar-refractivity contribution < 1.29 is 14.3 Å². The zero-order valence-electron chi connectivity index (χ0n) is 18.1. The molecule has 0 atom stereocenters. The molecule has 1 saturated heterocycles. The Balaban J connectivity index is 1.79. The number of carbonyl (C=O) groups excluding carboxylic acids is 1. The van der Waals surface area contributed by atoms with E-state index in [-0.39, 0.29) is 23.7 Å². The zero-order chi connectivity index (χ0) is 22.4. The van der Waals surface area contributed by atoms with E-state index in [1.54, 1.807) is 36.4 Å². The van der Waals surface area contributed by atoms with Crippen molar-refractivity contribution in [2.75, 3.05) is 19.6 Å². The van der Waals surface area contributed by atoms with Gasteiger partial charge in [0, 0.05) is 30.8 Å². The third kappa shape index (κ3) is 6.18. The number of amides is 1. The van der Waals surface area contributed by atoms with Crippen LogP contribution in [-0.2, 0) is 0 Å². The molecule has 0 aliphatic carbocycles. The Morgan fingerprint density at radius 1 is 1.16 bits per heavy atom. The van der Waals surface area contributed by atoms with Crippen molar-refractivity contribution in [3.63, 3.8) is 0 Å². The van der Waals surface area contributed by atoms with E-state index in [1.807, 2.05) is 18.7 Å². The molecule has 1 aliphatic heterocycles.